The summed E-state index contributed by atoms with van der Waals surface area (Å²) in [6.45, 7) is 1.62. The molecule has 0 radical (unpaired) electrons. The summed E-state index contributed by atoms with van der Waals surface area (Å²) in [6, 6.07) is 4.24. The molecule has 0 spiro atoms. The molecule has 1 saturated carbocycles. The van der Waals surface area contributed by atoms with E-state index in [-0.39, 0.29) is 42.2 Å². The van der Waals surface area contributed by atoms with Crippen molar-refractivity contribution in [3.8, 4) is 0 Å². The Bertz CT molecular complexity index is 950. The van der Waals surface area contributed by atoms with E-state index in [0.717, 1.165) is 19.3 Å². The summed E-state index contributed by atoms with van der Waals surface area (Å²) in [5.74, 6) is -0.744. The van der Waals surface area contributed by atoms with Crippen molar-refractivity contribution in [1.82, 2.24) is 20.9 Å². The van der Waals surface area contributed by atoms with Gasteiger partial charge in [0.2, 0.25) is 0 Å². The Hall–Kier alpha value is -2.17. The Kier molecular flexibility index (Phi) is 12.1. The molecule has 4 N–H and O–H groups in total. The lowest BCUT2D eigenvalue weighted by molar-refractivity contribution is -0.0576. The standard InChI is InChI=1S/C28H43ClF2N4O4/c1-32-17-22(16-19-9-11-21(30)12-10-19)34-26(36)35-15-4-6-20(18-35)28(38,13-5-14-33-27(37)39-2)23-7-3-8-24(29)25(23)31/h3,7-8,19-22,32,38H,4-6,9-18H2,1-2H3,(H,33,37)(H,34,36)/t19?,20-,21?,22+,28+/m1/s1. The highest BCUT2D eigenvalue weighted by Crippen LogP contribution is 2.41. The molecule has 2 aliphatic rings. The largest absolute Gasteiger partial charge is 0.453 e. The number of nitrogens with one attached hydrogen (secondary N) is 3. The number of carbonyl (C=O) groups is 2. The second kappa shape index (κ2) is 15.0. The minimum atomic E-state index is -1.60. The molecule has 0 bridgehead atoms. The number of urea groups is 1. The average Bonchev–Trinajstić information content (AvgIpc) is 2.93. The van der Waals surface area contributed by atoms with Gasteiger partial charge in [0, 0.05) is 43.7 Å². The van der Waals surface area contributed by atoms with Crippen LogP contribution < -0.4 is 16.0 Å². The van der Waals surface area contributed by atoms with E-state index in [1.807, 2.05) is 7.05 Å². The van der Waals surface area contributed by atoms with E-state index >= 15 is 4.39 Å². The lowest BCUT2D eigenvalue weighted by Crippen LogP contribution is -2.54. The van der Waals surface area contributed by atoms with Crippen LogP contribution in [0, 0.1) is 17.7 Å². The van der Waals surface area contributed by atoms with Crippen LogP contribution in [0.2, 0.25) is 5.02 Å². The molecule has 1 saturated heterocycles. The zero-order valence-electron chi connectivity index (χ0n) is 23.0. The zero-order valence-corrected chi connectivity index (χ0v) is 23.7. The molecule has 3 rings (SSSR count). The molecule has 0 aromatic heterocycles. The number of likely N-dealkylation sites (N-methyl/N-ethyl adjacent to an activating group) is 1. The second-order valence-electron chi connectivity index (χ2n) is 10.9. The summed E-state index contributed by atoms with van der Waals surface area (Å²) in [6.07, 6.45) is 4.06. The molecule has 2 fully saturated rings. The van der Waals surface area contributed by atoms with Crippen molar-refractivity contribution in [2.75, 3.05) is 40.3 Å². The van der Waals surface area contributed by atoms with Gasteiger partial charge in [-0.15, -0.1) is 0 Å². The fourth-order valence-corrected chi connectivity index (χ4v) is 6.21. The van der Waals surface area contributed by atoms with Crippen LogP contribution >= 0.6 is 11.6 Å². The minimum absolute atomic E-state index is 0.0827. The number of likely N-dealkylation sites (tertiary alicyclic amines) is 1. The number of hydrogen-bond donors (Lipinski definition) is 4. The quantitative estimate of drug-likeness (QED) is 0.287. The molecule has 1 aliphatic carbocycles. The molecule has 3 amide bonds. The molecule has 220 valence electrons. The number of piperidine rings is 1. The molecule has 0 unspecified atom stereocenters. The van der Waals surface area contributed by atoms with Gasteiger partial charge in [-0.3, -0.25) is 0 Å². The van der Waals surface area contributed by atoms with Gasteiger partial charge in [0.1, 0.15) is 12.0 Å². The van der Waals surface area contributed by atoms with Crippen LogP contribution in [0.25, 0.3) is 0 Å². The van der Waals surface area contributed by atoms with Gasteiger partial charge in [-0.25, -0.2) is 18.4 Å². The van der Waals surface area contributed by atoms with E-state index in [1.165, 1.54) is 19.2 Å². The van der Waals surface area contributed by atoms with Crippen molar-refractivity contribution in [3.05, 3.63) is 34.6 Å². The van der Waals surface area contributed by atoms with Gasteiger partial charge < -0.3 is 30.7 Å². The number of halogens is 3. The van der Waals surface area contributed by atoms with Crippen LogP contribution in [0.3, 0.4) is 0 Å². The third kappa shape index (κ3) is 8.66. The van der Waals surface area contributed by atoms with Crippen molar-refractivity contribution in [2.24, 2.45) is 11.8 Å². The predicted octanol–water partition coefficient (Wildman–Crippen LogP) is 4.73. The molecule has 39 heavy (non-hydrogen) atoms. The van der Waals surface area contributed by atoms with Crippen LogP contribution in [0.5, 0.6) is 0 Å². The average molecular weight is 573 g/mol. The molecule has 1 aromatic carbocycles. The third-order valence-corrected chi connectivity index (χ3v) is 8.46. The Morgan fingerprint density at radius 2 is 2.00 bits per heavy atom. The molecule has 8 nitrogen and oxygen atoms in total. The topological polar surface area (TPSA) is 103 Å². The van der Waals surface area contributed by atoms with E-state index in [9.17, 15) is 19.1 Å². The molecular formula is C28H43ClF2N4O4. The monoisotopic (exact) mass is 572 g/mol. The highest BCUT2D eigenvalue weighted by atomic mass is 35.5. The Balaban J connectivity index is 1.71. The van der Waals surface area contributed by atoms with Gasteiger partial charge in [-0.2, -0.15) is 0 Å². The highest BCUT2D eigenvalue weighted by Gasteiger charge is 2.43. The third-order valence-electron chi connectivity index (χ3n) is 8.16. The van der Waals surface area contributed by atoms with E-state index in [2.05, 4.69) is 20.7 Å². The fourth-order valence-electron chi connectivity index (χ4n) is 6.03. The first-order chi connectivity index (χ1) is 18.7. The first-order valence-electron chi connectivity index (χ1n) is 14.0. The highest BCUT2D eigenvalue weighted by molar-refractivity contribution is 6.30. The minimum Gasteiger partial charge on any atom is -0.453 e. The number of alkyl halides is 1. The molecular weight excluding hydrogens is 530 g/mol. The smallest absolute Gasteiger partial charge is 0.406 e. The summed E-state index contributed by atoms with van der Waals surface area (Å²) in [7, 11) is 3.10. The number of nitrogens with zero attached hydrogens (tertiary/aromatic N) is 1. The molecule has 3 atom stereocenters. The number of ether oxygens (including phenoxy) is 1. The second-order valence-corrected chi connectivity index (χ2v) is 11.3. The van der Waals surface area contributed by atoms with Crippen molar-refractivity contribution in [3.63, 3.8) is 0 Å². The SMILES string of the molecule is CNC[C@H](CC1CCC(F)CC1)NC(=O)N1CCC[C@@H]([C@@](O)(CCCNC(=O)OC)c2cccc(Cl)c2F)C1. The van der Waals surface area contributed by atoms with Crippen molar-refractivity contribution < 1.29 is 28.2 Å². The fraction of sp³-hybridized carbons (Fsp3) is 0.714. The predicted molar refractivity (Wildman–Crippen MR) is 147 cm³/mol. The van der Waals surface area contributed by atoms with E-state index < -0.39 is 29.6 Å². The number of amides is 3. The van der Waals surface area contributed by atoms with Gasteiger partial charge in [-0.05, 0) is 76.8 Å². The molecule has 1 aliphatic heterocycles. The number of carbonyl (C=O) groups excluding carboxylic acids is 2. The number of benzene rings is 1. The first kappa shape index (κ1) is 31.4. The summed E-state index contributed by atoms with van der Waals surface area (Å²) < 4.78 is 33.4. The van der Waals surface area contributed by atoms with Crippen molar-refractivity contribution in [1.29, 1.82) is 0 Å². The summed E-state index contributed by atoms with van der Waals surface area (Å²) in [5, 5.41) is 20.8. The Morgan fingerprint density at radius 3 is 2.69 bits per heavy atom. The Labute approximate surface area is 235 Å². The summed E-state index contributed by atoms with van der Waals surface area (Å²) in [5.41, 5.74) is -1.50. The van der Waals surface area contributed by atoms with Crippen LogP contribution in [0.1, 0.15) is 63.4 Å². The maximum absolute atomic E-state index is 15.2. The van der Waals surface area contributed by atoms with Gasteiger partial charge in [-0.1, -0.05) is 23.7 Å². The molecule has 1 aromatic rings. The number of alkyl carbamates (subject to hydrolysis) is 1. The number of hydrogen-bond acceptors (Lipinski definition) is 5. The van der Waals surface area contributed by atoms with Crippen molar-refractivity contribution >= 4 is 23.7 Å². The lowest BCUT2D eigenvalue weighted by Gasteiger charge is -2.43. The maximum atomic E-state index is 15.2. The lowest BCUT2D eigenvalue weighted by atomic mass is 9.74. The van der Waals surface area contributed by atoms with Crippen LogP contribution in [0.4, 0.5) is 18.4 Å². The van der Waals surface area contributed by atoms with Gasteiger partial charge >= 0.3 is 12.1 Å². The van der Waals surface area contributed by atoms with E-state index in [0.29, 0.717) is 51.1 Å². The molecule has 11 heteroatoms. The number of methoxy groups -OCH3 is 1. The van der Waals surface area contributed by atoms with E-state index in [4.69, 9.17) is 11.6 Å². The van der Waals surface area contributed by atoms with Crippen molar-refractivity contribution in [2.45, 2.75) is 75.6 Å². The van der Waals surface area contributed by atoms with Crippen LogP contribution in [-0.2, 0) is 10.3 Å². The van der Waals surface area contributed by atoms with Gasteiger partial charge in [0.05, 0.1) is 17.7 Å². The maximum Gasteiger partial charge on any atom is 0.406 e. The van der Waals surface area contributed by atoms with E-state index in [1.54, 1.807) is 11.0 Å². The number of aliphatic hydroxyl groups is 1. The number of rotatable bonds is 11. The summed E-state index contributed by atoms with van der Waals surface area (Å²) >= 11 is 6.07. The normalized spacial score (nSPS) is 23.9. The van der Waals surface area contributed by atoms with Gasteiger partial charge in [0.15, 0.2) is 0 Å². The zero-order chi connectivity index (χ0) is 28.4. The van der Waals surface area contributed by atoms with Crippen LogP contribution in [0.15, 0.2) is 18.2 Å². The first-order valence-corrected chi connectivity index (χ1v) is 14.4. The Morgan fingerprint density at radius 1 is 1.26 bits per heavy atom. The van der Waals surface area contributed by atoms with Crippen LogP contribution in [-0.4, -0.2) is 74.7 Å². The molecule has 1 heterocycles. The van der Waals surface area contributed by atoms with Gasteiger partial charge in [0.25, 0.3) is 0 Å². The summed E-state index contributed by atoms with van der Waals surface area (Å²) in [4.78, 5) is 26.5.